The van der Waals surface area contributed by atoms with Crippen LogP contribution in [0.2, 0.25) is 5.02 Å². The predicted octanol–water partition coefficient (Wildman–Crippen LogP) is 3.66. The Hall–Kier alpha value is -2.80. The van der Waals surface area contributed by atoms with Gasteiger partial charge in [-0.15, -0.1) is 0 Å². The highest BCUT2D eigenvalue weighted by molar-refractivity contribution is 6.30. The Kier molecular flexibility index (Phi) is 6.19. The third-order valence-electron chi connectivity index (χ3n) is 3.42. The molecular formula is C17H16ClNO6. The van der Waals surface area contributed by atoms with Crippen LogP contribution in [-0.2, 0) is 11.2 Å². The van der Waals surface area contributed by atoms with Gasteiger partial charge in [0.25, 0.3) is 5.69 Å². The summed E-state index contributed by atoms with van der Waals surface area (Å²) < 4.78 is 15.4. The smallest absolute Gasteiger partial charge is 0.345 e. The summed E-state index contributed by atoms with van der Waals surface area (Å²) in [6.45, 7) is 0.273. The van der Waals surface area contributed by atoms with E-state index in [2.05, 4.69) is 4.74 Å². The summed E-state index contributed by atoms with van der Waals surface area (Å²) in [5.74, 6) is -0.449. The topological polar surface area (TPSA) is 87.9 Å². The van der Waals surface area contributed by atoms with Gasteiger partial charge in [-0.1, -0.05) is 23.7 Å². The molecule has 0 bridgehead atoms. The van der Waals surface area contributed by atoms with E-state index in [1.54, 1.807) is 6.07 Å². The van der Waals surface area contributed by atoms with Crippen molar-refractivity contribution in [2.24, 2.45) is 0 Å². The molecule has 0 aliphatic heterocycles. The van der Waals surface area contributed by atoms with Crippen molar-refractivity contribution >= 4 is 23.3 Å². The number of rotatable bonds is 7. The van der Waals surface area contributed by atoms with Crippen LogP contribution in [0.25, 0.3) is 0 Å². The zero-order valence-corrected chi connectivity index (χ0v) is 14.4. The first-order chi connectivity index (χ1) is 12.0. The molecule has 0 saturated heterocycles. The Balaban J connectivity index is 2.23. The molecule has 8 heteroatoms. The van der Waals surface area contributed by atoms with Crippen molar-refractivity contribution in [1.29, 1.82) is 0 Å². The second kappa shape index (κ2) is 8.34. The highest BCUT2D eigenvalue weighted by atomic mass is 35.5. The zero-order valence-electron chi connectivity index (χ0n) is 13.7. The maximum Gasteiger partial charge on any atom is 0.345 e. The molecule has 0 aliphatic carbocycles. The molecule has 2 rings (SSSR count). The minimum Gasteiger partial charge on any atom is -0.493 e. The second-order valence-electron chi connectivity index (χ2n) is 5.00. The monoisotopic (exact) mass is 365 g/mol. The van der Waals surface area contributed by atoms with Crippen LogP contribution in [0, 0.1) is 10.1 Å². The lowest BCUT2D eigenvalue weighted by Crippen LogP contribution is -2.08. The summed E-state index contributed by atoms with van der Waals surface area (Å²) >= 11 is 5.93. The number of ether oxygens (including phenoxy) is 3. The van der Waals surface area contributed by atoms with Crippen LogP contribution in [0.3, 0.4) is 0 Å². The maximum absolute atomic E-state index is 11.8. The van der Waals surface area contributed by atoms with E-state index in [1.807, 2.05) is 18.2 Å². The van der Waals surface area contributed by atoms with Gasteiger partial charge in [-0.3, -0.25) is 10.1 Å². The van der Waals surface area contributed by atoms with Crippen molar-refractivity contribution in [1.82, 2.24) is 0 Å². The fraction of sp³-hybridized carbons (Fsp3) is 0.235. The van der Waals surface area contributed by atoms with Gasteiger partial charge >= 0.3 is 5.97 Å². The molecule has 132 valence electrons. The maximum atomic E-state index is 11.8. The number of benzene rings is 2. The molecular weight excluding hydrogens is 350 g/mol. The number of methoxy groups -OCH3 is 2. The molecule has 0 unspecified atom stereocenters. The van der Waals surface area contributed by atoms with Crippen molar-refractivity contribution in [3.05, 3.63) is 62.7 Å². The van der Waals surface area contributed by atoms with Crippen LogP contribution in [-0.4, -0.2) is 31.7 Å². The molecule has 0 spiro atoms. The average Bonchev–Trinajstić information content (AvgIpc) is 2.60. The molecule has 0 saturated carbocycles. The third-order valence-corrected chi connectivity index (χ3v) is 3.66. The Morgan fingerprint density at radius 1 is 1.20 bits per heavy atom. The van der Waals surface area contributed by atoms with E-state index in [4.69, 9.17) is 21.1 Å². The Labute approximate surface area is 149 Å². The highest BCUT2D eigenvalue weighted by Gasteiger charge is 2.25. The molecule has 0 aromatic heterocycles. The molecule has 0 fully saturated rings. The van der Waals surface area contributed by atoms with E-state index in [0.717, 1.165) is 18.7 Å². The molecule has 25 heavy (non-hydrogen) atoms. The number of halogens is 1. The van der Waals surface area contributed by atoms with E-state index in [-0.39, 0.29) is 23.7 Å². The Morgan fingerprint density at radius 2 is 1.96 bits per heavy atom. The number of nitro groups is 1. The first kappa shape index (κ1) is 18.5. The molecule has 0 radical (unpaired) electrons. The fourth-order valence-electron chi connectivity index (χ4n) is 2.22. The van der Waals surface area contributed by atoms with Crippen LogP contribution in [0.1, 0.15) is 15.9 Å². The summed E-state index contributed by atoms with van der Waals surface area (Å²) in [6.07, 6.45) is 0.564. The standard InChI is InChI=1S/C17H16ClNO6/c1-23-15-10-14(19(21)22)13(17(20)24-2)9-16(15)25-7-6-11-4-3-5-12(18)8-11/h3-5,8-10H,6-7H2,1-2H3. The van der Waals surface area contributed by atoms with Crippen molar-refractivity contribution in [2.75, 3.05) is 20.8 Å². The molecule has 0 N–H and O–H groups in total. The average molecular weight is 366 g/mol. The first-order valence-corrected chi connectivity index (χ1v) is 7.66. The second-order valence-corrected chi connectivity index (χ2v) is 5.43. The number of hydrogen-bond donors (Lipinski definition) is 0. The molecule has 2 aromatic carbocycles. The summed E-state index contributed by atoms with van der Waals surface area (Å²) in [7, 11) is 2.51. The lowest BCUT2D eigenvalue weighted by atomic mass is 10.1. The van der Waals surface area contributed by atoms with Crippen molar-refractivity contribution in [2.45, 2.75) is 6.42 Å². The number of carbonyl (C=O) groups excluding carboxylic acids is 1. The van der Waals surface area contributed by atoms with E-state index >= 15 is 0 Å². The number of esters is 1. The normalized spacial score (nSPS) is 10.2. The van der Waals surface area contributed by atoms with Gasteiger partial charge in [0.15, 0.2) is 11.5 Å². The van der Waals surface area contributed by atoms with E-state index in [1.165, 1.54) is 13.2 Å². The van der Waals surface area contributed by atoms with Gasteiger partial charge in [-0.25, -0.2) is 4.79 Å². The molecule has 7 nitrogen and oxygen atoms in total. The van der Waals surface area contributed by atoms with Gasteiger partial charge in [-0.05, 0) is 17.7 Å². The van der Waals surface area contributed by atoms with Crippen molar-refractivity contribution < 1.29 is 23.9 Å². The van der Waals surface area contributed by atoms with Gasteiger partial charge < -0.3 is 14.2 Å². The lowest BCUT2D eigenvalue weighted by Gasteiger charge is -2.12. The van der Waals surface area contributed by atoms with Gasteiger partial charge in [-0.2, -0.15) is 0 Å². The highest BCUT2D eigenvalue weighted by Crippen LogP contribution is 2.35. The SMILES string of the molecule is COC(=O)c1cc(OCCc2cccc(Cl)c2)c(OC)cc1[N+](=O)[O-]. The number of nitrogens with zero attached hydrogens (tertiary/aromatic N) is 1. The summed E-state index contributed by atoms with van der Waals surface area (Å²) in [5.41, 5.74) is 0.360. The minimum absolute atomic E-state index is 0.158. The number of carbonyl (C=O) groups is 1. The summed E-state index contributed by atoms with van der Waals surface area (Å²) in [4.78, 5) is 22.3. The molecule has 0 atom stereocenters. The third kappa shape index (κ3) is 4.60. The number of hydrogen-bond acceptors (Lipinski definition) is 6. The van der Waals surface area contributed by atoms with Gasteiger partial charge in [0.1, 0.15) is 5.56 Å². The molecule has 0 heterocycles. The van der Waals surface area contributed by atoms with Gasteiger partial charge in [0, 0.05) is 17.5 Å². The molecule has 0 aliphatic rings. The number of nitro benzene ring substituents is 1. The molecule has 2 aromatic rings. The van der Waals surface area contributed by atoms with E-state index < -0.39 is 16.6 Å². The van der Waals surface area contributed by atoms with Gasteiger partial charge in [0.2, 0.25) is 0 Å². The van der Waals surface area contributed by atoms with Gasteiger partial charge in [0.05, 0.1) is 31.8 Å². The largest absolute Gasteiger partial charge is 0.493 e. The van der Waals surface area contributed by atoms with Crippen molar-refractivity contribution in [3.63, 3.8) is 0 Å². The fourth-order valence-corrected chi connectivity index (χ4v) is 2.43. The van der Waals surface area contributed by atoms with Crippen LogP contribution >= 0.6 is 11.6 Å². The van der Waals surface area contributed by atoms with Crippen LogP contribution in [0.5, 0.6) is 11.5 Å². The predicted molar refractivity (Wildman–Crippen MR) is 91.6 cm³/mol. The van der Waals surface area contributed by atoms with Crippen LogP contribution < -0.4 is 9.47 Å². The van der Waals surface area contributed by atoms with Crippen LogP contribution in [0.15, 0.2) is 36.4 Å². The minimum atomic E-state index is -0.825. The lowest BCUT2D eigenvalue weighted by molar-refractivity contribution is -0.385. The quantitative estimate of drug-likeness (QED) is 0.422. The van der Waals surface area contributed by atoms with Crippen molar-refractivity contribution in [3.8, 4) is 11.5 Å². The van der Waals surface area contributed by atoms with E-state index in [9.17, 15) is 14.9 Å². The van der Waals surface area contributed by atoms with E-state index in [0.29, 0.717) is 11.4 Å². The summed E-state index contributed by atoms with van der Waals surface area (Å²) in [6, 6.07) is 9.72. The Morgan fingerprint density at radius 3 is 2.56 bits per heavy atom. The van der Waals surface area contributed by atoms with Crippen LogP contribution in [0.4, 0.5) is 5.69 Å². The Bertz CT molecular complexity index is 793. The molecule has 0 amide bonds. The zero-order chi connectivity index (χ0) is 18.4. The summed E-state index contributed by atoms with van der Waals surface area (Å²) in [5, 5.41) is 11.8. The first-order valence-electron chi connectivity index (χ1n) is 7.28.